The molecule has 3 aliphatic rings. The first-order chi connectivity index (χ1) is 26.2. The lowest BCUT2D eigenvalue weighted by Crippen LogP contribution is -2.29. The van der Waals surface area contributed by atoms with Gasteiger partial charge in [0.2, 0.25) is 0 Å². The molecule has 0 aliphatic carbocycles. The van der Waals surface area contributed by atoms with E-state index in [1.165, 1.54) is 10.8 Å². The maximum atomic E-state index is 4.65. The third-order valence-electron chi connectivity index (χ3n) is 9.94. The summed E-state index contributed by atoms with van der Waals surface area (Å²) < 4.78 is 0. The van der Waals surface area contributed by atoms with E-state index in [-0.39, 0.29) is 6.17 Å². The Morgan fingerprint density at radius 3 is 2.11 bits per heavy atom. The van der Waals surface area contributed by atoms with Crippen molar-refractivity contribution in [1.82, 2.24) is 10.6 Å². The molecule has 1 unspecified atom stereocenters. The Balaban J connectivity index is 1.18. The third-order valence-corrected chi connectivity index (χ3v) is 9.94. The zero-order valence-corrected chi connectivity index (χ0v) is 29.3. The van der Waals surface area contributed by atoms with Crippen molar-refractivity contribution >= 4 is 50.5 Å². The maximum absolute atomic E-state index is 4.65. The van der Waals surface area contributed by atoms with E-state index in [2.05, 4.69) is 208 Å². The van der Waals surface area contributed by atoms with Crippen molar-refractivity contribution in [3.05, 3.63) is 223 Å². The summed E-state index contributed by atoms with van der Waals surface area (Å²) in [6, 6.07) is 51.9. The second-order valence-electron chi connectivity index (χ2n) is 13.3. The molecule has 0 spiro atoms. The highest BCUT2D eigenvalue weighted by Gasteiger charge is 2.31. The van der Waals surface area contributed by atoms with Crippen LogP contribution in [0.1, 0.15) is 22.9 Å². The highest BCUT2D eigenvalue weighted by Crippen LogP contribution is 2.51. The standard InChI is InChI=1S/C48H39N5/c1-34-14-11-12-31-52(41-29-24-35-15-5-6-16-37(35)32-41)47-43-21-8-10-23-45(43)53(44-22-9-7-20-42(44)46(34)47)40-27-25-36(26-28-40)48(50-38-17-3-2-4-18-38)51-39-19-13-30-49-33-39/h2-29,31-33,48-51H,1,30H2/b14-11-,31-12-. The van der Waals surface area contributed by atoms with E-state index in [1.54, 1.807) is 0 Å². The van der Waals surface area contributed by atoms with Gasteiger partial charge in [-0.1, -0.05) is 122 Å². The lowest BCUT2D eigenvalue weighted by Gasteiger charge is -2.30. The van der Waals surface area contributed by atoms with E-state index in [0.29, 0.717) is 0 Å². The zero-order valence-electron chi connectivity index (χ0n) is 29.3. The summed E-state index contributed by atoms with van der Waals surface area (Å²) in [6.45, 7) is 5.48. The Hall–Kier alpha value is -6.98. The Labute approximate surface area is 310 Å². The maximum Gasteiger partial charge on any atom is 0.123 e. The molecule has 5 heteroatoms. The van der Waals surface area contributed by atoms with E-state index in [1.807, 2.05) is 12.3 Å². The minimum atomic E-state index is -0.162. The number of anilines is 5. The van der Waals surface area contributed by atoms with E-state index in [0.717, 1.165) is 74.2 Å². The summed E-state index contributed by atoms with van der Waals surface area (Å²) in [6.07, 6.45) is 14.6. The molecule has 256 valence electrons. The van der Waals surface area contributed by atoms with Crippen molar-refractivity contribution in [2.75, 3.05) is 21.7 Å². The molecule has 0 bridgehead atoms. The van der Waals surface area contributed by atoms with Gasteiger partial charge in [0.05, 0.1) is 22.8 Å². The molecular weight excluding hydrogens is 647 g/mol. The number of fused-ring (bicyclic) bond motifs is 5. The van der Waals surface area contributed by atoms with Gasteiger partial charge in [-0.15, -0.1) is 0 Å². The Kier molecular flexibility index (Phi) is 8.43. The van der Waals surface area contributed by atoms with Crippen LogP contribution < -0.4 is 25.8 Å². The fraction of sp³-hybridized carbons (Fsp3) is 0.0417. The van der Waals surface area contributed by atoms with Gasteiger partial charge < -0.3 is 25.8 Å². The molecule has 1 atom stereocenters. The molecule has 6 aromatic carbocycles. The highest BCUT2D eigenvalue weighted by molar-refractivity contribution is 6.12. The second kappa shape index (κ2) is 14.0. The number of nitrogens with zero attached hydrogens (tertiary/aromatic N) is 2. The van der Waals surface area contributed by atoms with Gasteiger partial charge in [-0.2, -0.15) is 0 Å². The quantitative estimate of drug-likeness (QED) is 0.146. The largest absolute Gasteiger partial charge is 0.386 e. The van der Waals surface area contributed by atoms with Gasteiger partial charge in [-0.25, -0.2) is 0 Å². The van der Waals surface area contributed by atoms with Crippen LogP contribution in [-0.2, 0) is 0 Å². The van der Waals surface area contributed by atoms with E-state index in [4.69, 9.17) is 0 Å². The first kappa shape index (κ1) is 32.0. The van der Waals surface area contributed by atoms with Gasteiger partial charge in [0.1, 0.15) is 6.17 Å². The van der Waals surface area contributed by atoms with E-state index < -0.39 is 0 Å². The van der Waals surface area contributed by atoms with Crippen molar-refractivity contribution in [3.63, 3.8) is 0 Å². The van der Waals surface area contributed by atoms with Crippen LogP contribution in [0.2, 0.25) is 0 Å². The molecule has 53 heavy (non-hydrogen) atoms. The lowest BCUT2D eigenvalue weighted by atomic mass is 9.91. The van der Waals surface area contributed by atoms with Crippen LogP contribution >= 0.6 is 0 Å². The molecule has 0 amide bonds. The van der Waals surface area contributed by atoms with Gasteiger partial charge in [-0.3, -0.25) is 0 Å². The Bertz CT molecular complexity index is 2490. The van der Waals surface area contributed by atoms with E-state index in [9.17, 15) is 0 Å². The smallest absolute Gasteiger partial charge is 0.123 e. The SMILES string of the molecule is C=C1/C=C\C=C/N(c2ccc3ccccc3c2)C2=C1c1ccccc1N(c1ccc(C(NC3=CNCC=C3)Nc3ccccc3)cc1)c1ccccc12. The van der Waals surface area contributed by atoms with Crippen LogP contribution in [0.3, 0.4) is 0 Å². The second-order valence-corrected chi connectivity index (χ2v) is 13.3. The molecule has 5 nitrogen and oxygen atoms in total. The number of hydrogen-bond acceptors (Lipinski definition) is 5. The zero-order chi connectivity index (χ0) is 35.6. The summed E-state index contributed by atoms with van der Waals surface area (Å²) in [5, 5.41) is 13.1. The summed E-state index contributed by atoms with van der Waals surface area (Å²) >= 11 is 0. The monoisotopic (exact) mass is 685 g/mol. The average molecular weight is 686 g/mol. The molecule has 0 fully saturated rings. The summed E-state index contributed by atoms with van der Waals surface area (Å²) in [5.74, 6) is 0. The predicted molar refractivity (Wildman–Crippen MR) is 223 cm³/mol. The van der Waals surface area contributed by atoms with E-state index >= 15 is 0 Å². The average Bonchev–Trinajstić information content (AvgIpc) is 3.33. The van der Waals surface area contributed by atoms with Gasteiger partial charge in [0.15, 0.2) is 0 Å². The summed E-state index contributed by atoms with van der Waals surface area (Å²) in [4.78, 5) is 4.72. The minimum Gasteiger partial charge on any atom is -0.386 e. The molecule has 0 radical (unpaired) electrons. The van der Waals surface area contributed by atoms with Crippen molar-refractivity contribution in [3.8, 4) is 0 Å². The van der Waals surface area contributed by atoms with Gasteiger partial charge >= 0.3 is 0 Å². The lowest BCUT2D eigenvalue weighted by molar-refractivity contribution is 0.671. The number of hydrogen-bond donors (Lipinski definition) is 3. The molecule has 3 aliphatic heterocycles. The number of rotatable bonds is 7. The van der Waals surface area contributed by atoms with Crippen LogP contribution in [-0.4, -0.2) is 6.54 Å². The van der Waals surface area contributed by atoms with Crippen LogP contribution in [0.4, 0.5) is 28.4 Å². The van der Waals surface area contributed by atoms with Crippen molar-refractivity contribution < 1.29 is 0 Å². The fourth-order valence-corrected chi connectivity index (χ4v) is 7.45. The molecule has 0 saturated carbocycles. The van der Waals surface area contributed by atoms with Gasteiger partial charge in [-0.05, 0) is 82.6 Å². The third kappa shape index (κ3) is 6.19. The first-order valence-corrected chi connectivity index (χ1v) is 18.0. The van der Waals surface area contributed by atoms with Crippen LogP contribution in [0.25, 0.3) is 22.0 Å². The number of dihydropyridines is 1. The van der Waals surface area contributed by atoms with Crippen molar-refractivity contribution in [2.24, 2.45) is 0 Å². The van der Waals surface area contributed by atoms with Crippen LogP contribution in [0.5, 0.6) is 0 Å². The first-order valence-electron chi connectivity index (χ1n) is 18.0. The topological polar surface area (TPSA) is 42.6 Å². The number of benzene rings is 6. The molecule has 3 heterocycles. The Morgan fingerprint density at radius 1 is 0.623 bits per heavy atom. The normalized spacial score (nSPS) is 16.5. The molecule has 6 aromatic rings. The fourth-order valence-electron chi connectivity index (χ4n) is 7.45. The summed E-state index contributed by atoms with van der Waals surface area (Å²) in [5.41, 5.74) is 12.9. The van der Waals surface area contributed by atoms with Crippen molar-refractivity contribution in [1.29, 1.82) is 0 Å². The molecule has 0 saturated heterocycles. The number of para-hydroxylation sites is 3. The minimum absolute atomic E-state index is 0.162. The number of allylic oxidation sites excluding steroid dienone is 6. The molecule has 3 N–H and O–H groups in total. The molecule has 0 aromatic heterocycles. The molecule has 9 rings (SSSR count). The highest BCUT2D eigenvalue weighted by atomic mass is 15.2. The van der Waals surface area contributed by atoms with Gasteiger partial charge in [0, 0.05) is 52.7 Å². The van der Waals surface area contributed by atoms with Crippen LogP contribution in [0, 0.1) is 0 Å². The molecular formula is C48H39N5. The predicted octanol–water partition coefficient (Wildman–Crippen LogP) is 11.3. The summed E-state index contributed by atoms with van der Waals surface area (Å²) in [7, 11) is 0. The van der Waals surface area contributed by atoms with Crippen LogP contribution in [0.15, 0.2) is 206 Å². The van der Waals surface area contributed by atoms with Crippen molar-refractivity contribution in [2.45, 2.75) is 6.17 Å². The van der Waals surface area contributed by atoms with Gasteiger partial charge in [0.25, 0.3) is 0 Å². The number of nitrogens with one attached hydrogen (secondary N) is 3. The Morgan fingerprint density at radius 2 is 1.32 bits per heavy atom.